The molecule has 2 rings (SSSR count). The molecule has 3 nitrogen and oxygen atoms in total. The van der Waals surface area contributed by atoms with Crippen molar-refractivity contribution in [1.82, 2.24) is 0 Å². The van der Waals surface area contributed by atoms with E-state index >= 15 is 0 Å². The van der Waals surface area contributed by atoms with Crippen LogP contribution < -0.4 is 4.74 Å². The summed E-state index contributed by atoms with van der Waals surface area (Å²) >= 11 is 6.04. The zero-order valence-electron chi connectivity index (χ0n) is 10.1. The quantitative estimate of drug-likeness (QED) is 0.930. The summed E-state index contributed by atoms with van der Waals surface area (Å²) < 4.78 is 5.60. The van der Waals surface area contributed by atoms with Gasteiger partial charge in [0.1, 0.15) is 12.4 Å². The third kappa shape index (κ3) is 3.47. The molecule has 0 aliphatic rings. The molecule has 96 valence electrons. The Balaban J connectivity index is 2.04. The van der Waals surface area contributed by atoms with Crippen molar-refractivity contribution in [3.05, 3.63) is 64.2 Å². The van der Waals surface area contributed by atoms with Gasteiger partial charge in [-0.1, -0.05) is 29.8 Å². The fraction of sp³-hybridized carbons (Fsp3) is 0.133. The van der Waals surface area contributed by atoms with E-state index < -0.39 is 0 Å². The molecule has 0 spiro atoms. The molecule has 2 aromatic rings. The molecule has 1 N–H and O–H groups in total. The van der Waals surface area contributed by atoms with Crippen LogP contribution in [0.25, 0.3) is 0 Å². The van der Waals surface area contributed by atoms with Crippen molar-refractivity contribution in [2.75, 3.05) is 0 Å². The van der Waals surface area contributed by atoms with Crippen LogP contribution in [0.4, 0.5) is 0 Å². The zero-order valence-corrected chi connectivity index (χ0v) is 10.9. The van der Waals surface area contributed by atoms with E-state index in [0.29, 0.717) is 22.9 Å². The first-order chi connectivity index (χ1) is 9.22. The third-order valence-electron chi connectivity index (χ3n) is 2.66. The molecule has 0 fully saturated rings. The van der Waals surface area contributed by atoms with Crippen LogP contribution >= 0.6 is 11.6 Å². The number of nitriles is 1. The minimum Gasteiger partial charge on any atom is -0.487 e. The molecule has 0 atom stereocenters. The summed E-state index contributed by atoms with van der Waals surface area (Å²) in [7, 11) is 0. The maximum Gasteiger partial charge on any atom is 0.138 e. The number of hydrogen-bond donors (Lipinski definition) is 1. The Hall–Kier alpha value is -2.02. The second-order valence-electron chi connectivity index (χ2n) is 4.02. The first kappa shape index (κ1) is 13.4. The molecule has 19 heavy (non-hydrogen) atoms. The number of ether oxygens (including phenoxy) is 1. The highest BCUT2D eigenvalue weighted by Crippen LogP contribution is 2.26. The number of rotatable bonds is 4. The van der Waals surface area contributed by atoms with Gasteiger partial charge in [0.2, 0.25) is 0 Å². The highest BCUT2D eigenvalue weighted by molar-refractivity contribution is 6.32. The Morgan fingerprint density at radius 2 is 1.79 bits per heavy atom. The van der Waals surface area contributed by atoms with Crippen LogP contribution in [0.15, 0.2) is 42.5 Å². The average molecular weight is 274 g/mol. The second-order valence-corrected chi connectivity index (χ2v) is 4.43. The number of aliphatic hydroxyl groups is 1. The van der Waals surface area contributed by atoms with Crippen molar-refractivity contribution in [2.45, 2.75) is 13.2 Å². The average Bonchev–Trinajstić information content (AvgIpc) is 2.46. The van der Waals surface area contributed by atoms with Gasteiger partial charge in [0.25, 0.3) is 0 Å². The Morgan fingerprint density at radius 3 is 2.37 bits per heavy atom. The second kappa shape index (κ2) is 6.24. The lowest BCUT2D eigenvalue weighted by Gasteiger charge is -2.09. The van der Waals surface area contributed by atoms with Gasteiger partial charge in [-0.2, -0.15) is 5.26 Å². The van der Waals surface area contributed by atoms with E-state index in [2.05, 4.69) is 6.07 Å². The Morgan fingerprint density at radius 1 is 1.11 bits per heavy atom. The van der Waals surface area contributed by atoms with E-state index in [1.54, 1.807) is 30.3 Å². The fourth-order valence-corrected chi connectivity index (χ4v) is 1.85. The summed E-state index contributed by atoms with van der Waals surface area (Å²) in [5.41, 5.74) is 2.33. The van der Waals surface area contributed by atoms with E-state index in [-0.39, 0.29) is 6.61 Å². The molecule has 0 saturated carbocycles. The first-order valence-corrected chi connectivity index (χ1v) is 6.12. The Labute approximate surface area is 116 Å². The van der Waals surface area contributed by atoms with Gasteiger partial charge < -0.3 is 9.84 Å². The van der Waals surface area contributed by atoms with Gasteiger partial charge in [-0.05, 0) is 35.4 Å². The first-order valence-electron chi connectivity index (χ1n) is 5.74. The lowest BCUT2D eigenvalue weighted by atomic mass is 10.1. The van der Waals surface area contributed by atoms with Crippen LogP contribution in [0.3, 0.4) is 0 Å². The van der Waals surface area contributed by atoms with Gasteiger partial charge in [0.15, 0.2) is 0 Å². The predicted octanol–water partition coefficient (Wildman–Crippen LogP) is 3.28. The van der Waals surface area contributed by atoms with Crippen LogP contribution in [-0.4, -0.2) is 5.11 Å². The van der Waals surface area contributed by atoms with Gasteiger partial charge in [0, 0.05) is 0 Å². The molecule has 0 aliphatic carbocycles. The number of halogens is 1. The number of nitrogens with zero attached hydrogens (tertiary/aromatic N) is 1. The van der Waals surface area contributed by atoms with E-state index in [9.17, 15) is 0 Å². The number of hydrogen-bond acceptors (Lipinski definition) is 3. The largest absolute Gasteiger partial charge is 0.487 e. The van der Waals surface area contributed by atoms with Crippen molar-refractivity contribution in [3.8, 4) is 11.8 Å². The molecule has 0 aliphatic heterocycles. The number of aliphatic hydroxyl groups excluding tert-OH is 1. The highest BCUT2D eigenvalue weighted by atomic mass is 35.5. The molecule has 0 aromatic heterocycles. The zero-order chi connectivity index (χ0) is 13.7. The van der Waals surface area contributed by atoms with Crippen molar-refractivity contribution >= 4 is 11.6 Å². The van der Waals surface area contributed by atoms with Gasteiger partial charge >= 0.3 is 0 Å². The van der Waals surface area contributed by atoms with E-state index in [1.165, 1.54) is 0 Å². The molecule has 2 aromatic carbocycles. The molecule has 0 radical (unpaired) electrons. The van der Waals surface area contributed by atoms with Gasteiger partial charge in [-0.15, -0.1) is 0 Å². The predicted molar refractivity (Wildman–Crippen MR) is 72.9 cm³/mol. The normalized spacial score (nSPS) is 9.95. The minimum atomic E-state index is -0.0460. The summed E-state index contributed by atoms with van der Waals surface area (Å²) in [6.45, 7) is 0.333. The van der Waals surface area contributed by atoms with Gasteiger partial charge in [-0.25, -0.2) is 0 Å². The van der Waals surface area contributed by atoms with Gasteiger partial charge in [-0.3, -0.25) is 0 Å². The maximum atomic E-state index is 8.98. The summed E-state index contributed by atoms with van der Waals surface area (Å²) in [5, 5.41) is 18.2. The summed E-state index contributed by atoms with van der Waals surface area (Å²) in [4.78, 5) is 0. The standard InChI is InChI=1S/C15H12ClNO2/c16-14-7-13(9-18)5-6-15(14)19-10-12-3-1-11(8-17)2-4-12/h1-7,18H,9-10H2. The van der Waals surface area contributed by atoms with Crippen molar-refractivity contribution in [2.24, 2.45) is 0 Å². The van der Waals surface area contributed by atoms with E-state index in [0.717, 1.165) is 11.1 Å². The topological polar surface area (TPSA) is 53.2 Å². The highest BCUT2D eigenvalue weighted by Gasteiger charge is 2.03. The molecule has 0 saturated heterocycles. The van der Waals surface area contributed by atoms with Crippen molar-refractivity contribution in [3.63, 3.8) is 0 Å². The van der Waals surface area contributed by atoms with Crippen LogP contribution in [0, 0.1) is 11.3 Å². The van der Waals surface area contributed by atoms with Gasteiger partial charge in [0.05, 0.1) is 23.3 Å². The minimum absolute atomic E-state index is 0.0460. The lowest BCUT2D eigenvalue weighted by Crippen LogP contribution is -1.96. The SMILES string of the molecule is N#Cc1ccc(COc2ccc(CO)cc2Cl)cc1. The molecule has 0 bridgehead atoms. The van der Waals surface area contributed by atoms with Crippen molar-refractivity contribution in [1.29, 1.82) is 5.26 Å². The van der Waals surface area contributed by atoms with Crippen LogP contribution in [0.5, 0.6) is 5.75 Å². The number of benzene rings is 2. The van der Waals surface area contributed by atoms with E-state index in [1.807, 2.05) is 12.1 Å². The lowest BCUT2D eigenvalue weighted by molar-refractivity contribution is 0.281. The van der Waals surface area contributed by atoms with Crippen molar-refractivity contribution < 1.29 is 9.84 Å². The van der Waals surface area contributed by atoms with Crippen LogP contribution in [-0.2, 0) is 13.2 Å². The fourth-order valence-electron chi connectivity index (χ4n) is 1.60. The van der Waals surface area contributed by atoms with E-state index in [4.69, 9.17) is 26.7 Å². The summed E-state index contributed by atoms with van der Waals surface area (Å²) in [6, 6.07) is 14.4. The molecular formula is C15H12ClNO2. The molecular weight excluding hydrogens is 262 g/mol. The maximum absolute atomic E-state index is 8.98. The Kier molecular flexibility index (Phi) is 4.40. The molecule has 0 amide bonds. The summed E-state index contributed by atoms with van der Waals surface area (Å²) in [5.74, 6) is 0.572. The smallest absolute Gasteiger partial charge is 0.138 e. The monoisotopic (exact) mass is 273 g/mol. The summed E-state index contributed by atoms with van der Waals surface area (Å²) in [6.07, 6.45) is 0. The third-order valence-corrected chi connectivity index (χ3v) is 2.95. The van der Waals surface area contributed by atoms with Crippen LogP contribution in [0.1, 0.15) is 16.7 Å². The molecule has 0 heterocycles. The molecule has 4 heteroatoms. The van der Waals surface area contributed by atoms with Crippen LogP contribution in [0.2, 0.25) is 5.02 Å². The molecule has 0 unspecified atom stereocenters. The Bertz CT molecular complexity index is 603.